The molecule has 0 saturated heterocycles. The molecular weight excluding hydrogens is 240 g/mol. The Bertz CT molecular complexity index is 726. The summed E-state index contributed by atoms with van der Waals surface area (Å²) in [4.78, 5) is 10.7. The Morgan fingerprint density at radius 3 is 2.63 bits per heavy atom. The second-order valence-corrected chi connectivity index (χ2v) is 4.42. The van der Waals surface area contributed by atoms with Crippen LogP contribution in [0.15, 0.2) is 59.2 Å². The SMILES string of the molecule is O=C(O)Cc1ccc2c(-c3ccccc3)coc2c1. The van der Waals surface area contributed by atoms with Gasteiger partial charge >= 0.3 is 5.97 Å². The molecule has 3 nitrogen and oxygen atoms in total. The van der Waals surface area contributed by atoms with Gasteiger partial charge in [-0.05, 0) is 17.2 Å². The monoisotopic (exact) mass is 252 g/mol. The average Bonchev–Trinajstić information content (AvgIpc) is 2.82. The summed E-state index contributed by atoms with van der Waals surface area (Å²) in [7, 11) is 0. The minimum absolute atomic E-state index is 0.0112. The van der Waals surface area contributed by atoms with E-state index >= 15 is 0 Å². The van der Waals surface area contributed by atoms with Crippen LogP contribution in [0, 0.1) is 0 Å². The van der Waals surface area contributed by atoms with Gasteiger partial charge in [0.1, 0.15) is 5.58 Å². The van der Waals surface area contributed by atoms with Gasteiger partial charge in [0.2, 0.25) is 0 Å². The first-order valence-electron chi connectivity index (χ1n) is 6.01. The third-order valence-electron chi connectivity index (χ3n) is 3.08. The molecule has 3 rings (SSSR count). The van der Waals surface area contributed by atoms with Crippen molar-refractivity contribution in [1.82, 2.24) is 0 Å². The van der Waals surface area contributed by atoms with E-state index in [9.17, 15) is 4.79 Å². The van der Waals surface area contributed by atoms with Crippen LogP contribution < -0.4 is 0 Å². The van der Waals surface area contributed by atoms with Crippen LogP contribution >= 0.6 is 0 Å². The number of hydrogen-bond donors (Lipinski definition) is 1. The summed E-state index contributed by atoms with van der Waals surface area (Å²) in [6, 6.07) is 15.5. The van der Waals surface area contributed by atoms with E-state index in [1.165, 1.54) is 0 Å². The average molecular weight is 252 g/mol. The summed E-state index contributed by atoms with van der Waals surface area (Å²) in [6.07, 6.45) is 1.72. The first kappa shape index (κ1) is 11.5. The zero-order chi connectivity index (χ0) is 13.2. The topological polar surface area (TPSA) is 50.4 Å². The fourth-order valence-corrected chi connectivity index (χ4v) is 2.20. The molecule has 3 heteroatoms. The molecule has 0 aliphatic rings. The van der Waals surface area contributed by atoms with Crippen molar-refractivity contribution in [1.29, 1.82) is 0 Å². The molecule has 2 aromatic carbocycles. The number of rotatable bonds is 3. The molecule has 3 aromatic rings. The molecule has 0 radical (unpaired) electrons. The molecule has 1 aromatic heterocycles. The maximum absolute atomic E-state index is 10.7. The highest BCUT2D eigenvalue weighted by Crippen LogP contribution is 2.30. The summed E-state index contributed by atoms with van der Waals surface area (Å²) >= 11 is 0. The number of furan rings is 1. The highest BCUT2D eigenvalue weighted by Gasteiger charge is 2.09. The second kappa shape index (κ2) is 4.61. The molecule has 0 fully saturated rings. The summed E-state index contributed by atoms with van der Waals surface area (Å²) < 4.78 is 5.53. The Labute approximate surface area is 110 Å². The lowest BCUT2D eigenvalue weighted by Gasteiger charge is -1.99. The molecule has 0 bridgehead atoms. The quantitative estimate of drug-likeness (QED) is 0.772. The third kappa shape index (κ3) is 2.22. The molecule has 1 N–H and O–H groups in total. The number of benzene rings is 2. The van der Waals surface area contributed by atoms with E-state index in [0.29, 0.717) is 0 Å². The second-order valence-electron chi connectivity index (χ2n) is 4.42. The molecule has 0 amide bonds. The van der Waals surface area contributed by atoms with Gasteiger partial charge in [-0.3, -0.25) is 4.79 Å². The van der Waals surface area contributed by atoms with Crippen LogP contribution in [0.25, 0.3) is 22.1 Å². The molecule has 1 heterocycles. The number of carboxylic acid groups (broad SMARTS) is 1. The fourth-order valence-electron chi connectivity index (χ4n) is 2.20. The first-order valence-corrected chi connectivity index (χ1v) is 6.01. The zero-order valence-corrected chi connectivity index (χ0v) is 10.2. The highest BCUT2D eigenvalue weighted by molar-refractivity contribution is 5.94. The van der Waals surface area contributed by atoms with Crippen LogP contribution in [0.2, 0.25) is 0 Å². The minimum atomic E-state index is -0.839. The van der Waals surface area contributed by atoms with E-state index < -0.39 is 5.97 Å². The van der Waals surface area contributed by atoms with Gasteiger partial charge in [0, 0.05) is 10.9 Å². The van der Waals surface area contributed by atoms with E-state index in [1.807, 2.05) is 42.5 Å². The van der Waals surface area contributed by atoms with Gasteiger partial charge < -0.3 is 9.52 Å². The predicted molar refractivity (Wildman–Crippen MR) is 73.0 cm³/mol. The van der Waals surface area contributed by atoms with Crippen LogP contribution in [-0.2, 0) is 11.2 Å². The Balaban J connectivity index is 2.08. The highest BCUT2D eigenvalue weighted by atomic mass is 16.4. The van der Waals surface area contributed by atoms with Crippen LogP contribution in [0.1, 0.15) is 5.56 Å². The number of hydrogen-bond acceptors (Lipinski definition) is 2. The molecule has 0 spiro atoms. The number of fused-ring (bicyclic) bond motifs is 1. The van der Waals surface area contributed by atoms with E-state index in [2.05, 4.69) is 0 Å². The molecule has 0 unspecified atom stereocenters. The largest absolute Gasteiger partial charge is 0.481 e. The van der Waals surface area contributed by atoms with Gasteiger partial charge in [-0.2, -0.15) is 0 Å². The van der Waals surface area contributed by atoms with E-state index in [1.54, 1.807) is 12.3 Å². The third-order valence-corrected chi connectivity index (χ3v) is 3.08. The van der Waals surface area contributed by atoms with Crippen LogP contribution in [0.4, 0.5) is 0 Å². The van der Waals surface area contributed by atoms with Crippen molar-refractivity contribution in [2.75, 3.05) is 0 Å². The van der Waals surface area contributed by atoms with Gasteiger partial charge in [0.25, 0.3) is 0 Å². The minimum Gasteiger partial charge on any atom is -0.481 e. The van der Waals surface area contributed by atoms with Crippen molar-refractivity contribution in [2.24, 2.45) is 0 Å². The van der Waals surface area contributed by atoms with Crippen molar-refractivity contribution < 1.29 is 14.3 Å². The Morgan fingerprint density at radius 2 is 1.89 bits per heavy atom. The molecule has 94 valence electrons. The van der Waals surface area contributed by atoms with E-state index in [4.69, 9.17) is 9.52 Å². The standard InChI is InChI=1S/C16H12O3/c17-16(18)9-11-6-7-13-14(10-19-15(13)8-11)12-4-2-1-3-5-12/h1-8,10H,9H2,(H,17,18). The Kier molecular flexibility index (Phi) is 2.80. The van der Waals surface area contributed by atoms with Gasteiger partial charge in [-0.15, -0.1) is 0 Å². The molecule has 0 atom stereocenters. The fraction of sp³-hybridized carbons (Fsp3) is 0.0625. The first-order chi connectivity index (χ1) is 9.24. The van der Waals surface area contributed by atoms with Gasteiger partial charge in [0.05, 0.1) is 12.7 Å². The summed E-state index contributed by atoms with van der Waals surface area (Å²) in [6.45, 7) is 0. The predicted octanol–water partition coefficient (Wildman–Crippen LogP) is 3.73. The lowest BCUT2D eigenvalue weighted by molar-refractivity contribution is -0.136. The summed E-state index contributed by atoms with van der Waals surface area (Å²) in [5.74, 6) is -0.839. The Morgan fingerprint density at radius 1 is 1.11 bits per heavy atom. The molecule has 0 aliphatic carbocycles. The van der Waals surface area contributed by atoms with Crippen LogP contribution in [0.3, 0.4) is 0 Å². The zero-order valence-electron chi connectivity index (χ0n) is 10.2. The van der Waals surface area contributed by atoms with Gasteiger partial charge in [-0.1, -0.05) is 42.5 Å². The van der Waals surface area contributed by atoms with Crippen molar-refractivity contribution in [3.8, 4) is 11.1 Å². The smallest absolute Gasteiger partial charge is 0.307 e. The summed E-state index contributed by atoms with van der Waals surface area (Å²) in [5, 5.41) is 9.79. The number of aliphatic carboxylic acids is 1. The normalized spacial score (nSPS) is 10.7. The number of carbonyl (C=O) groups is 1. The lowest BCUT2D eigenvalue weighted by Crippen LogP contribution is -1.99. The Hall–Kier alpha value is -2.55. The maximum atomic E-state index is 10.7. The van der Waals surface area contributed by atoms with Crippen molar-refractivity contribution >= 4 is 16.9 Å². The van der Waals surface area contributed by atoms with Gasteiger partial charge in [-0.25, -0.2) is 0 Å². The van der Waals surface area contributed by atoms with E-state index in [0.717, 1.165) is 27.7 Å². The van der Waals surface area contributed by atoms with Crippen molar-refractivity contribution in [2.45, 2.75) is 6.42 Å². The molecular formula is C16H12O3. The maximum Gasteiger partial charge on any atom is 0.307 e. The van der Waals surface area contributed by atoms with Crippen molar-refractivity contribution in [3.05, 3.63) is 60.4 Å². The van der Waals surface area contributed by atoms with E-state index in [-0.39, 0.29) is 6.42 Å². The molecule has 0 aliphatic heterocycles. The lowest BCUT2D eigenvalue weighted by atomic mass is 10.0. The molecule has 19 heavy (non-hydrogen) atoms. The van der Waals surface area contributed by atoms with Gasteiger partial charge in [0.15, 0.2) is 0 Å². The summed E-state index contributed by atoms with van der Waals surface area (Å²) in [5.41, 5.74) is 3.58. The van der Waals surface area contributed by atoms with Crippen LogP contribution in [-0.4, -0.2) is 11.1 Å². The van der Waals surface area contributed by atoms with Crippen LogP contribution in [0.5, 0.6) is 0 Å². The number of carboxylic acids is 1. The molecule has 0 saturated carbocycles. The van der Waals surface area contributed by atoms with Crippen molar-refractivity contribution in [3.63, 3.8) is 0 Å².